The Bertz CT molecular complexity index is 736. The van der Waals surface area contributed by atoms with E-state index in [1.807, 2.05) is 13.8 Å². The highest BCUT2D eigenvalue weighted by atomic mass is 35.5. The minimum absolute atomic E-state index is 0.0416. The molecule has 0 spiro atoms. The number of nitrogens with zero attached hydrogens (tertiary/aromatic N) is 1. The minimum atomic E-state index is -0.209. The van der Waals surface area contributed by atoms with Crippen molar-refractivity contribution in [3.8, 4) is 0 Å². The van der Waals surface area contributed by atoms with Gasteiger partial charge in [-0.25, -0.2) is 0 Å². The fourth-order valence-corrected chi connectivity index (χ4v) is 2.94. The molecule has 1 heterocycles. The number of nitrogen functional groups attached to an aromatic ring is 1. The number of thiazole rings is 1. The second-order valence-corrected chi connectivity index (χ2v) is 6.29. The quantitative estimate of drug-likeness (QED) is 0.848. The predicted molar refractivity (Wildman–Crippen MR) is 87.2 cm³/mol. The fourth-order valence-electron chi connectivity index (χ4n) is 1.91. The lowest BCUT2D eigenvalue weighted by atomic mass is 10.2. The standard InChI is InChI=1S/C14H16ClN3O2S/c1-8-9(2)21-14(20)18(8)6-5-13(19)17-12-7-10(15)3-4-11(12)16/h3-4,7H,5-6,16H2,1-2H3,(H,17,19). The number of hydrogen-bond acceptors (Lipinski definition) is 4. The zero-order valence-corrected chi connectivity index (χ0v) is 13.3. The first kappa shape index (κ1) is 15.6. The summed E-state index contributed by atoms with van der Waals surface area (Å²) in [4.78, 5) is 24.6. The molecular weight excluding hydrogens is 310 g/mol. The Labute approximate surface area is 131 Å². The zero-order chi connectivity index (χ0) is 15.6. The van der Waals surface area contributed by atoms with E-state index in [4.69, 9.17) is 17.3 Å². The third-order valence-corrected chi connectivity index (χ3v) is 4.46. The van der Waals surface area contributed by atoms with Crippen LogP contribution in [0.1, 0.15) is 17.0 Å². The molecule has 1 amide bonds. The van der Waals surface area contributed by atoms with Crippen LogP contribution >= 0.6 is 22.9 Å². The van der Waals surface area contributed by atoms with Crippen LogP contribution in [0, 0.1) is 13.8 Å². The number of nitrogens with one attached hydrogen (secondary N) is 1. The van der Waals surface area contributed by atoms with Gasteiger partial charge in [-0.15, -0.1) is 0 Å². The highest BCUT2D eigenvalue weighted by Crippen LogP contribution is 2.23. The normalized spacial score (nSPS) is 10.6. The fraction of sp³-hybridized carbons (Fsp3) is 0.286. The highest BCUT2D eigenvalue weighted by molar-refractivity contribution is 7.09. The predicted octanol–water partition coefficient (Wildman–Crippen LogP) is 2.79. The lowest BCUT2D eigenvalue weighted by Gasteiger charge is -2.09. The number of aryl methyl sites for hydroxylation is 1. The molecule has 7 heteroatoms. The van der Waals surface area contributed by atoms with E-state index in [0.29, 0.717) is 22.9 Å². The maximum atomic E-state index is 12.0. The third kappa shape index (κ3) is 3.65. The first-order chi connectivity index (χ1) is 9.88. The first-order valence-electron chi connectivity index (χ1n) is 6.40. The molecule has 2 aromatic rings. The van der Waals surface area contributed by atoms with Gasteiger partial charge >= 0.3 is 4.87 Å². The summed E-state index contributed by atoms with van der Waals surface area (Å²) >= 11 is 7.06. The summed E-state index contributed by atoms with van der Waals surface area (Å²) in [6, 6.07) is 4.89. The summed E-state index contributed by atoms with van der Waals surface area (Å²) in [6.45, 7) is 4.12. The molecule has 0 fully saturated rings. The molecule has 0 aliphatic rings. The van der Waals surface area contributed by atoms with Crippen molar-refractivity contribution in [1.29, 1.82) is 0 Å². The molecule has 0 aliphatic carbocycles. The molecular formula is C14H16ClN3O2S. The number of rotatable bonds is 4. The molecule has 0 bridgehead atoms. The van der Waals surface area contributed by atoms with E-state index in [9.17, 15) is 9.59 Å². The van der Waals surface area contributed by atoms with Crippen LogP contribution in [0.5, 0.6) is 0 Å². The molecule has 0 aliphatic heterocycles. The van der Waals surface area contributed by atoms with Crippen LogP contribution in [0.3, 0.4) is 0 Å². The Morgan fingerprint density at radius 3 is 2.76 bits per heavy atom. The van der Waals surface area contributed by atoms with E-state index >= 15 is 0 Å². The van der Waals surface area contributed by atoms with Crippen molar-refractivity contribution in [2.24, 2.45) is 0 Å². The summed E-state index contributed by atoms with van der Waals surface area (Å²) in [5.74, 6) is -0.209. The molecule has 112 valence electrons. The van der Waals surface area contributed by atoms with Gasteiger partial charge in [0.05, 0.1) is 11.4 Å². The van der Waals surface area contributed by atoms with Gasteiger partial charge in [0.15, 0.2) is 0 Å². The van der Waals surface area contributed by atoms with Gasteiger partial charge in [0.2, 0.25) is 5.91 Å². The van der Waals surface area contributed by atoms with Crippen molar-refractivity contribution >= 4 is 40.2 Å². The molecule has 0 radical (unpaired) electrons. The van der Waals surface area contributed by atoms with Crippen LogP contribution in [0.15, 0.2) is 23.0 Å². The smallest absolute Gasteiger partial charge is 0.307 e. The van der Waals surface area contributed by atoms with Crippen molar-refractivity contribution in [3.05, 3.63) is 43.5 Å². The van der Waals surface area contributed by atoms with Gasteiger partial charge in [-0.3, -0.25) is 9.59 Å². The lowest BCUT2D eigenvalue weighted by molar-refractivity contribution is -0.116. The summed E-state index contributed by atoms with van der Waals surface area (Å²) in [6.07, 6.45) is 0.197. The maximum Gasteiger partial charge on any atom is 0.307 e. The van der Waals surface area contributed by atoms with Gasteiger partial charge in [-0.2, -0.15) is 0 Å². The van der Waals surface area contributed by atoms with Gasteiger partial charge in [0.1, 0.15) is 0 Å². The molecule has 2 rings (SSSR count). The average Bonchev–Trinajstić information content (AvgIpc) is 2.66. The largest absolute Gasteiger partial charge is 0.397 e. The number of aromatic nitrogens is 1. The van der Waals surface area contributed by atoms with Gasteiger partial charge < -0.3 is 15.6 Å². The summed E-state index contributed by atoms with van der Waals surface area (Å²) in [7, 11) is 0. The van der Waals surface area contributed by atoms with Crippen molar-refractivity contribution in [2.45, 2.75) is 26.8 Å². The van der Waals surface area contributed by atoms with Crippen molar-refractivity contribution in [3.63, 3.8) is 0 Å². The second kappa shape index (κ2) is 6.32. The Morgan fingerprint density at radius 2 is 2.14 bits per heavy atom. The number of nitrogens with two attached hydrogens (primary N) is 1. The van der Waals surface area contributed by atoms with Crippen LogP contribution in [0.4, 0.5) is 11.4 Å². The van der Waals surface area contributed by atoms with Crippen LogP contribution in [-0.2, 0) is 11.3 Å². The van der Waals surface area contributed by atoms with Crippen LogP contribution in [0.2, 0.25) is 5.02 Å². The van der Waals surface area contributed by atoms with Gasteiger partial charge in [-0.1, -0.05) is 22.9 Å². The van der Waals surface area contributed by atoms with Crippen LogP contribution in [0.25, 0.3) is 0 Å². The molecule has 21 heavy (non-hydrogen) atoms. The van der Waals surface area contributed by atoms with Crippen molar-refractivity contribution in [2.75, 3.05) is 11.1 Å². The van der Waals surface area contributed by atoms with Crippen LogP contribution in [-0.4, -0.2) is 10.5 Å². The average molecular weight is 326 g/mol. The Kier molecular flexibility index (Phi) is 4.69. The third-order valence-electron chi connectivity index (χ3n) is 3.23. The maximum absolute atomic E-state index is 12.0. The van der Waals surface area contributed by atoms with Crippen LogP contribution < -0.4 is 15.9 Å². The van der Waals surface area contributed by atoms with Gasteiger partial charge in [-0.05, 0) is 32.0 Å². The number of carbonyl (C=O) groups excluding carboxylic acids is 1. The van der Waals surface area contributed by atoms with E-state index < -0.39 is 0 Å². The first-order valence-corrected chi connectivity index (χ1v) is 7.59. The van der Waals surface area contributed by atoms with Gasteiger partial charge in [0, 0.05) is 28.6 Å². The number of anilines is 2. The van der Waals surface area contributed by atoms with E-state index in [-0.39, 0.29) is 17.2 Å². The Hall–Kier alpha value is -1.79. The Balaban J connectivity index is 2.02. The topological polar surface area (TPSA) is 77.1 Å². The molecule has 0 saturated carbocycles. The molecule has 1 aromatic heterocycles. The van der Waals surface area contributed by atoms with E-state index in [2.05, 4.69) is 5.32 Å². The molecule has 3 N–H and O–H groups in total. The Morgan fingerprint density at radius 1 is 1.43 bits per heavy atom. The summed E-state index contributed by atoms with van der Waals surface area (Å²) < 4.78 is 1.61. The number of halogens is 1. The van der Waals surface area contributed by atoms with Crippen molar-refractivity contribution in [1.82, 2.24) is 4.57 Å². The number of carbonyl (C=O) groups is 1. The minimum Gasteiger partial charge on any atom is -0.397 e. The summed E-state index contributed by atoms with van der Waals surface area (Å²) in [5, 5.41) is 3.21. The summed E-state index contributed by atoms with van der Waals surface area (Å²) in [5.41, 5.74) is 7.61. The number of amides is 1. The number of benzene rings is 1. The molecule has 0 atom stereocenters. The van der Waals surface area contributed by atoms with Gasteiger partial charge in [0.25, 0.3) is 0 Å². The molecule has 0 unspecified atom stereocenters. The van der Waals surface area contributed by atoms with E-state index in [1.165, 1.54) is 11.3 Å². The molecule has 1 aromatic carbocycles. The molecule has 0 saturated heterocycles. The lowest BCUT2D eigenvalue weighted by Crippen LogP contribution is -2.20. The number of hydrogen-bond donors (Lipinski definition) is 2. The highest BCUT2D eigenvalue weighted by Gasteiger charge is 2.10. The van der Waals surface area contributed by atoms with E-state index in [1.54, 1.807) is 22.8 Å². The zero-order valence-electron chi connectivity index (χ0n) is 11.8. The molecule has 5 nitrogen and oxygen atoms in total. The monoisotopic (exact) mass is 325 g/mol. The SMILES string of the molecule is Cc1sc(=O)n(CCC(=O)Nc2cc(Cl)ccc2N)c1C. The van der Waals surface area contributed by atoms with E-state index in [0.717, 1.165) is 10.6 Å². The second-order valence-electron chi connectivity index (χ2n) is 4.69. The van der Waals surface area contributed by atoms with Crippen molar-refractivity contribution < 1.29 is 4.79 Å².